The van der Waals surface area contributed by atoms with Crippen LogP contribution < -0.4 is 0 Å². The predicted octanol–water partition coefficient (Wildman–Crippen LogP) is 3.92. The van der Waals surface area contributed by atoms with Gasteiger partial charge >= 0.3 is 6.09 Å². The van der Waals surface area contributed by atoms with Crippen LogP contribution in [-0.4, -0.2) is 53.6 Å². The highest BCUT2D eigenvalue weighted by molar-refractivity contribution is 7.12. The number of carbonyl (C=O) groups excluding carboxylic acids is 2. The van der Waals surface area contributed by atoms with Crippen molar-refractivity contribution in [2.45, 2.75) is 58.6 Å². The van der Waals surface area contributed by atoms with Crippen molar-refractivity contribution in [2.24, 2.45) is 0 Å². The van der Waals surface area contributed by atoms with Gasteiger partial charge in [-0.05, 0) is 64.0 Å². The summed E-state index contributed by atoms with van der Waals surface area (Å²) in [6, 6.07) is 1.97. The second-order valence-corrected chi connectivity index (χ2v) is 8.36. The first kappa shape index (κ1) is 18.8. The van der Waals surface area contributed by atoms with Crippen LogP contribution in [0, 0.1) is 6.92 Å². The maximum Gasteiger partial charge on any atom is 0.410 e. The third-order valence-corrected chi connectivity index (χ3v) is 5.15. The molecule has 1 atom stereocenters. The topological polar surface area (TPSA) is 49.9 Å². The van der Waals surface area contributed by atoms with E-state index < -0.39 is 5.60 Å². The first-order valence-corrected chi connectivity index (χ1v) is 9.36. The van der Waals surface area contributed by atoms with E-state index in [-0.39, 0.29) is 18.0 Å². The van der Waals surface area contributed by atoms with Gasteiger partial charge in [-0.25, -0.2) is 4.79 Å². The van der Waals surface area contributed by atoms with Crippen molar-refractivity contribution >= 4 is 23.3 Å². The summed E-state index contributed by atoms with van der Waals surface area (Å²) in [7, 11) is 1.81. The molecule has 1 aliphatic rings. The smallest absolute Gasteiger partial charge is 0.410 e. The van der Waals surface area contributed by atoms with Gasteiger partial charge in [-0.1, -0.05) is 0 Å². The van der Waals surface area contributed by atoms with E-state index in [9.17, 15) is 9.59 Å². The highest BCUT2D eigenvalue weighted by atomic mass is 32.1. The van der Waals surface area contributed by atoms with E-state index in [0.717, 1.165) is 29.7 Å². The summed E-state index contributed by atoms with van der Waals surface area (Å²) in [6.45, 7) is 8.80. The fraction of sp³-hybridized carbons (Fsp3) is 0.667. The number of amides is 2. The number of thiophene rings is 1. The van der Waals surface area contributed by atoms with Gasteiger partial charge in [0.05, 0.1) is 10.9 Å². The Morgan fingerprint density at radius 2 is 2.08 bits per heavy atom. The Kier molecular flexibility index (Phi) is 5.91. The zero-order valence-corrected chi connectivity index (χ0v) is 16.1. The van der Waals surface area contributed by atoms with Gasteiger partial charge in [-0.15, -0.1) is 11.3 Å². The molecule has 1 aliphatic heterocycles. The van der Waals surface area contributed by atoms with Crippen LogP contribution in [0.1, 0.15) is 55.3 Å². The van der Waals surface area contributed by atoms with Crippen LogP contribution in [-0.2, 0) is 4.74 Å². The summed E-state index contributed by atoms with van der Waals surface area (Å²) in [6.07, 6.45) is 2.68. The van der Waals surface area contributed by atoms with Crippen molar-refractivity contribution < 1.29 is 14.3 Å². The van der Waals surface area contributed by atoms with Crippen molar-refractivity contribution in [1.29, 1.82) is 0 Å². The molecule has 0 N–H and O–H groups in total. The van der Waals surface area contributed by atoms with Crippen LogP contribution in [0.2, 0.25) is 0 Å². The number of hydrogen-bond donors (Lipinski definition) is 0. The number of ether oxygens (including phenoxy) is 1. The lowest BCUT2D eigenvalue weighted by Gasteiger charge is -2.38. The monoisotopic (exact) mass is 352 g/mol. The largest absolute Gasteiger partial charge is 0.444 e. The van der Waals surface area contributed by atoms with Crippen molar-refractivity contribution in [3.8, 4) is 0 Å². The molecule has 0 unspecified atom stereocenters. The van der Waals surface area contributed by atoms with E-state index in [1.165, 1.54) is 11.3 Å². The lowest BCUT2D eigenvalue weighted by Crippen LogP contribution is -2.51. The van der Waals surface area contributed by atoms with E-state index in [1.54, 1.807) is 9.80 Å². The quantitative estimate of drug-likeness (QED) is 0.828. The minimum atomic E-state index is -0.505. The lowest BCUT2D eigenvalue weighted by molar-refractivity contribution is 0.00606. The SMILES string of the molecule is Cc1ccsc1C(=O)N(C)C[C@H]1CCCCN1C(=O)OC(C)(C)C. The maximum atomic E-state index is 12.6. The van der Waals surface area contributed by atoms with Gasteiger partial charge < -0.3 is 14.5 Å². The first-order chi connectivity index (χ1) is 11.2. The Morgan fingerprint density at radius 1 is 1.38 bits per heavy atom. The van der Waals surface area contributed by atoms with Gasteiger partial charge in [0, 0.05) is 20.1 Å². The van der Waals surface area contributed by atoms with Crippen LogP contribution in [0.25, 0.3) is 0 Å². The summed E-state index contributed by atoms with van der Waals surface area (Å²) >= 11 is 1.47. The third kappa shape index (κ3) is 4.72. The molecule has 0 radical (unpaired) electrons. The molecular formula is C18H28N2O3S. The molecule has 5 nitrogen and oxygen atoms in total. The fourth-order valence-corrected chi connectivity index (χ4v) is 3.83. The average molecular weight is 353 g/mol. The third-order valence-electron chi connectivity index (χ3n) is 4.14. The van der Waals surface area contributed by atoms with Crippen LogP contribution in [0.5, 0.6) is 0 Å². The molecule has 0 spiro atoms. The number of hydrogen-bond acceptors (Lipinski definition) is 4. The summed E-state index contributed by atoms with van der Waals surface area (Å²) in [5.74, 6) is 0.0252. The number of piperidine rings is 1. The zero-order valence-electron chi connectivity index (χ0n) is 15.3. The van der Waals surface area contributed by atoms with E-state index in [0.29, 0.717) is 13.1 Å². The van der Waals surface area contributed by atoms with Gasteiger partial charge in [-0.2, -0.15) is 0 Å². The molecular weight excluding hydrogens is 324 g/mol. The molecule has 1 saturated heterocycles. The van der Waals surface area contributed by atoms with E-state index >= 15 is 0 Å². The Bertz CT molecular complexity index is 591. The Labute approximate surface area is 148 Å². The molecule has 1 aromatic rings. The molecule has 6 heteroatoms. The number of nitrogens with zero attached hydrogens (tertiary/aromatic N) is 2. The summed E-state index contributed by atoms with van der Waals surface area (Å²) in [4.78, 5) is 29.4. The Balaban J connectivity index is 2.04. The maximum absolute atomic E-state index is 12.6. The molecule has 0 aliphatic carbocycles. The number of aryl methyl sites for hydroxylation is 1. The molecule has 0 bridgehead atoms. The fourth-order valence-electron chi connectivity index (χ4n) is 2.92. The normalized spacial score (nSPS) is 18.4. The first-order valence-electron chi connectivity index (χ1n) is 8.48. The van der Waals surface area contributed by atoms with Crippen molar-refractivity contribution in [3.63, 3.8) is 0 Å². The molecule has 134 valence electrons. The standard InChI is InChI=1S/C18H28N2O3S/c1-13-9-11-24-15(13)16(21)19(5)12-14-8-6-7-10-20(14)17(22)23-18(2,3)4/h9,11,14H,6-8,10,12H2,1-5H3/t14-/m1/s1. The van der Waals surface area contributed by atoms with Gasteiger partial charge in [0.15, 0.2) is 0 Å². The van der Waals surface area contributed by atoms with Crippen LogP contribution in [0.4, 0.5) is 4.79 Å². The van der Waals surface area contributed by atoms with Gasteiger partial charge in [-0.3, -0.25) is 4.79 Å². The second kappa shape index (κ2) is 7.55. The number of likely N-dealkylation sites (tertiary alicyclic amines) is 1. The summed E-state index contributed by atoms with van der Waals surface area (Å²) < 4.78 is 5.53. The van der Waals surface area contributed by atoms with Crippen LogP contribution in [0.15, 0.2) is 11.4 Å². The van der Waals surface area contributed by atoms with E-state index in [1.807, 2.05) is 46.2 Å². The number of carbonyl (C=O) groups is 2. The minimum Gasteiger partial charge on any atom is -0.444 e. The van der Waals surface area contributed by atoms with E-state index in [2.05, 4.69) is 0 Å². The zero-order chi connectivity index (χ0) is 17.9. The molecule has 24 heavy (non-hydrogen) atoms. The molecule has 0 aromatic carbocycles. The minimum absolute atomic E-state index is 0.0165. The summed E-state index contributed by atoms with van der Waals surface area (Å²) in [5, 5.41) is 1.93. The number of likely N-dealkylation sites (N-methyl/N-ethyl adjacent to an activating group) is 1. The predicted molar refractivity (Wildman–Crippen MR) is 96.6 cm³/mol. The Hall–Kier alpha value is -1.56. The molecule has 1 fully saturated rings. The molecule has 1 aromatic heterocycles. The van der Waals surface area contributed by atoms with Crippen LogP contribution in [0.3, 0.4) is 0 Å². The van der Waals surface area contributed by atoms with Crippen molar-refractivity contribution in [1.82, 2.24) is 9.80 Å². The van der Waals surface area contributed by atoms with Gasteiger partial charge in [0.25, 0.3) is 5.91 Å². The average Bonchev–Trinajstić information content (AvgIpc) is 2.91. The highest BCUT2D eigenvalue weighted by Crippen LogP contribution is 2.23. The lowest BCUT2D eigenvalue weighted by atomic mass is 10.0. The second-order valence-electron chi connectivity index (χ2n) is 7.44. The van der Waals surface area contributed by atoms with Gasteiger partial charge in [0.2, 0.25) is 0 Å². The number of rotatable bonds is 3. The molecule has 2 amide bonds. The van der Waals surface area contributed by atoms with Crippen molar-refractivity contribution in [3.05, 3.63) is 21.9 Å². The molecule has 2 heterocycles. The molecule has 0 saturated carbocycles. The Morgan fingerprint density at radius 3 is 2.67 bits per heavy atom. The summed E-state index contributed by atoms with van der Waals surface area (Å²) in [5.41, 5.74) is 0.499. The van der Waals surface area contributed by atoms with Crippen molar-refractivity contribution in [2.75, 3.05) is 20.1 Å². The van der Waals surface area contributed by atoms with E-state index in [4.69, 9.17) is 4.74 Å². The van der Waals surface area contributed by atoms with Crippen LogP contribution >= 0.6 is 11.3 Å². The molecule has 2 rings (SSSR count). The van der Waals surface area contributed by atoms with Gasteiger partial charge in [0.1, 0.15) is 5.60 Å². The highest BCUT2D eigenvalue weighted by Gasteiger charge is 2.32.